The van der Waals surface area contributed by atoms with Crippen molar-refractivity contribution in [1.82, 2.24) is 19.6 Å². The molecule has 0 spiro atoms. The number of hydrogen-bond acceptors (Lipinski definition) is 5. The first-order valence-electron chi connectivity index (χ1n) is 10.6. The number of nitrogens with zero attached hydrogens (tertiary/aromatic N) is 4. The van der Waals surface area contributed by atoms with Gasteiger partial charge in [-0.3, -0.25) is 4.90 Å². The van der Waals surface area contributed by atoms with Crippen LogP contribution in [0.5, 0.6) is 0 Å². The van der Waals surface area contributed by atoms with E-state index in [2.05, 4.69) is 32.6 Å². The van der Waals surface area contributed by atoms with Crippen molar-refractivity contribution in [2.75, 3.05) is 39.3 Å². The smallest absolute Gasteiger partial charge is 0.410 e. The van der Waals surface area contributed by atoms with Gasteiger partial charge in [0.1, 0.15) is 12.8 Å². The molecule has 1 N–H and O–H groups in total. The molecule has 3 amide bonds. The summed E-state index contributed by atoms with van der Waals surface area (Å²) < 4.78 is 5.01. The topological polar surface area (TPSA) is 76.6 Å². The molecule has 0 aromatic heterocycles. The molecule has 0 radical (unpaired) electrons. The van der Waals surface area contributed by atoms with E-state index in [-0.39, 0.29) is 29.6 Å². The van der Waals surface area contributed by atoms with Gasteiger partial charge in [-0.05, 0) is 53.4 Å². The van der Waals surface area contributed by atoms with Crippen LogP contribution in [0.25, 0.3) is 0 Å². The van der Waals surface area contributed by atoms with Crippen molar-refractivity contribution < 1.29 is 19.4 Å². The Balaban J connectivity index is 1.56. The summed E-state index contributed by atoms with van der Waals surface area (Å²) in [7, 11) is 0. The maximum absolute atomic E-state index is 13.1. The predicted octanol–water partition coefficient (Wildman–Crippen LogP) is 1.78. The Kier molecular flexibility index (Phi) is 6.10. The molecule has 8 nitrogen and oxygen atoms in total. The fraction of sp³-hybridized carbons (Fsp3) is 0.900. The Morgan fingerprint density at radius 3 is 2.46 bits per heavy atom. The van der Waals surface area contributed by atoms with Gasteiger partial charge in [-0.25, -0.2) is 9.59 Å². The Labute approximate surface area is 168 Å². The monoisotopic (exact) mass is 396 g/mol. The van der Waals surface area contributed by atoms with Gasteiger partial charge in [0.25, 0.3) is 0 Å². The average molecular weight is 397 g/mol. The molecule has 3 heterocycles. The summed E-state index contributed by atoms with van der Waals surface area (Å²) in [5.41, 5.74) is -0.305. The van der Waals surface area contributed by atoms with Crippen molar-refractivity contribution in [3.63, 3.8) is 0 Å². The summed E-state index contributed by atoms with van der Waals surface area (Å²) in [6.07, 6.45) is 0.762. The molecular formula is C20H36N4O4. The highest BCUT2D eigenvalue weighted by Gasteiger charge is 2.47. The lowest BCUT2D eigenvalue weighted by Crippen LogP contribution is -2.52. The third-order valence-electron chi connectivity index (χ3n) is 6.90. The van der Waals surface area contributed by atoms with E-state index in [1.54, 1.807) is 4.90 Å². The van der Waals surface area contributed by atoms with Crippen LogP contribution in [0, 0.1) is 5.92 Å². The highest BCUT2D eigenvalue weighted by molar-refractivity contribution is 5.77. The summed E-state index contributed by atoms with van der Waals surface area (Å²) in [6.45, 7) is 14.4. The number of amides is 3. The zero-order valence-corrected chi connectivity index (χ0v) is 17.9. The number of cyclic esters (lactones) is 1. The average Bonchev–Trinajstić information content (AvgIpc) is 3.31. The molecule has 28 heavy (non-hydrogen) atoms. The number of rotatable bonds is 7. The lowest BCUT2D eigenvalue weighted by atomic mass is 9.85. The van der Waals surface area contributed by atoms with E-state index in [4.69, 9.17) is 4.74 Å². The minimum Gasteiger partial charge on any atom is -0.448 e. The molecular weight excluding hydrogens is 360 g/mol. The molecule has 0 saturated carbocycles. The van der Waals surface area contributed by atoms with Gasteiger partial charge in [-0.1, -0.05) is 0 Å². The molecule has 3 aliphatic heterocycles. The second-order valence-electron chi connectivity index (χ2n) is 9.22. The Bertz CT molecular complexity index is 597. The van der Waals surface area contributed by atoms with Crippen molar-refractivity contribution in [3.8, 4) is 0 Å². The van der Waals surface area contributed by atoms with Crippen molar-refractivity contribution in [2.45, 2.75) is 71.3 Å². The Hall–Kier alpha value is -1.54. The molecule has 3 fully saturated rings. The van der Waals surface area contributed by atoms with Crippen LogP contribution in [0.4, 0.5) is 9.59 Å². The second kappa shape index (κ2) is 8.06. The molecule has 8 heteroatoms. The van der Waals surface area contributed by atoms with Crippen LogP contribution in [0.1, 0.15) is 47.5 Å². The standard InChI is InChI=1S/C20H36N4O4/c1-14(2)23-13-16(12-17(23)25)20(4,5)24-9-8-21(18(24)26)7-6-15(3)22-10-11-28-19(22)27/h14-17,25H,6-13H2,1-5H3. The molecule has 0 aromatic carbocycles. The first-order chi connectivity index (χ1) is 13.1. The molecule has 160 valence electrons. The van der Waals surface area contributed by atoms with Crippen LogP contribution in [0.15, 0.2) is 0 Å². The predicted molar refractivity (Wildman–Crippen MR) is 106 cm³/mol. The third kappa shape index (κ3) is 3.94. The van der Waals surface area contributed by atoms with Gasteiger partial charge in [0, 0.05) is 43.8 Å². The van der Waals surface area contributed by atoms with Crippen molar-refractivity contribution >= 4 is 12.1 Å². The minimum absolute atomic E-state index is 0.0643. The van der Waals surface area contributed by atoms with Gasteiger partial charge in [0.15, 0.2) is 0 Å². The molecule has 0 aromatic rings. The Morgan fingerprint density at radius 1 is 1.18 bits per heavy atom. The van der Waals surface area contributed by atoms with Crippen LogP contribution in [-0.2, 0) is 4.74 Å². The minimum atomic E-state index is -0.431. The van der Waals surface area contributed by atoms with Crippen molar-refractivity contribution in [2.24, 2.45) is 5.92 Å². The van der Waals surface area contributed by atoms with Crippen molar-refractivity contribution in [1.29, 1.82) is 0 Å². The molecule has 3 aliphatic rings. The van der Waals surface area contributed by atoms with Gasteiger partial charge in [0.05, 0.1) is 6.54 Å². The van der Waals surface area contributed by atoms with E-state index in [9.17, 15) is 14.7 Å². The number of hydrogen-bond donors (Lipinski definition) is 1. The van der Waals surface area contributed by atoms with Crippen LogP contribution in [0.3, 0.4) is 0 Å². The highest BCUT2D eigenvalue weighted by Crippen LogP contribution is 2.37. The zero-order valence-electron chi connectivity index (χ0n) is 17.9. The zero-order chi connectivity index (χ0) is 20.6. The number of likely N-dealkylation sites (tertiary alicyclic amines) is 1. The molecule has 3 rings (SSSR count). The quantitative estimate of drug-likeness (QED) is 0.710. The van der Waals surface area contributed by atoms with Crippen molar-refractivity contribution in [3.05, 3.63) is 0 Å². The largest absolute Gasteiger partial charge is 0.448 e. The fourth-order valence-corrected chi connectivity index (χ4v) is 4.76. The van der Waals surface area contributed by atoms with Crippen LogP contribution in [-0.4, -0.2) is 100 Å². The third-order valence-corrected chi connectivity index (χ3v) is 6.90. The molecule has 3 atom stereocenters. The summed E-state index contributed by atoms with van der Waals surface area (Å²) in [5, 5.41) is 10.4. The van der Waals surface area contributed by atoms with E-state index in [1.807, 2.05) is 16.7 Å². The lowest BCUT2D eigenvalue weighted by Gasteiger charge is -2.40. The maximum Gasteiger partial charge on any atom is 0.410 e. The summed E-state index contributed by atoms with van der Waals surface area (Å²) >= 11 is 0. The van der Waals surface area contributed by atoms with E-state index in [0.717, 1.165) is 13.0 Å². The summed E-state index contributed by atoms with van der Waals surface area (Å²) in [4.78, 5) is 32.5. The number of ether oxygens (including phenoxy) is 1. The van der Waals surface area contributed by atoms with Gasteiger partial charge < -0.3 is 24.5 Å². The van der Waals surface area contributed by atoms with E-state index >= 15 is 0 Å². The number of aliphatic hydroxyl groups is 1. The summed E-state index contributed by atoms with van der Waals surface area (Å²) in [5.74, 6) is 0.243. The highest BCUT2D eigenvalue weighted by atomic mass is 16.6. The Morgan fingerprint density at radius 2 is 1.89 bits per heavy atom. The van der Waals surface area contributed by atoms with Crippen LogP contribution < -0.4 is 0 Å². The van der Waals surface area contributed by atoms with Gasteiger partial charge >= 0.3 is 12.1 Å². The SMILES string of the molecule is CC(CCN1CCN(C(C)(C)C2CC(O)N(C(C)C)C2)C1=O)N1CCOC1=O. The number of carbonyl (C=O) groups excluding carboxylic acids is 2. The molecule has 0 bridgehead atoms. The maximum atomic E-state index is 13.1. The fourth-order valence-electron chi connectivity index (χ4n) is 4.76. The van der Waals surface area contributed by atoms with Gasteiger partial charge in [-0.15, -0.1) is 0 Å². The molecule has 0 aliphatic carbocycles. The first kappa shape index (κ1) is 21.2. The molecule has 3 unspecified atom stereocenters. The first-order valence-corrected chi connectivity index (χ1v) is 10.6. The summed E-state index contributed by atoms with van der Waals surface area (Å²) in [6, 6.07) is 0.425. The number of urea groups is 1. The second-order valence-corrected chi connectivity index (χ2v) is 9.22. The molecule has 3 saturated heterocycles. The number of aliphatic hydroxyl groups excluding tert-OH is 1. The van der Waals surface area contributed by atoms with E-state index in [1.165, 1.54) is 0 Å². The number of carbonyl (C=O) groups is 2. The van der Waals surface area contributed by atoms with Crippen LogP contribution >= 0.6 is 0 Å². The van der Waals surface area contributed by atoms with Gasteiger partial charge in [-0.2, -0.15) is 0 Å². The van der Waals surface area contributed by atoms with Crippen LogP contribution in [0.2, 0.25) is 0 Å². The normalized spacial score (nSPS) is 28.0. The van der Waals surface area contributed by atoms with E-state index in [0.29, 0.717) is 45.2 Å². The van der Waals surface area contributed by atoms with Gasteiger partial charge in [0.2, 0.25) is 0 Å². The lowest BCUT2D eigenvalue weighted by molar-refractivity contribution is 0.0181. The van der Waals surface area contributed by atoms with E-state index < -0.39 is 6.23 Å².